The highest BCUT2D eigenvalue weighted by Gasteiger charge is 2.25. The van der Waals surface area contributed by atoms with Gasteiger partial charge in [-0.3, -0.25) is 9.69 Å². The standard InChI is InChI=1S/C14H19N5O2S.ClH/c1-9(20)16-7-10-3-4-12(22-10)14-17-13(18-21-14)11-8-15-5-6-19(11)2;/h3-4,11,15H,5-8H2,1-2H3,(H,16,20);1H. The van der Waals surface area contributed by atoms with E-state index in [4.69, 9.17) is 4.52 Å². The first-order valence-electron chi connectivity index (χ1n) is 7.21. The number of nitrogens with zero attached hydrogens (tertiary/aromatic N) is 3. The maximum Gasteiger partial charge on any atom is 0.268 e. The number of aromatic nitrogens is 2. The van der Waals surface area contributed by atoms with Gasteiger partial charge in [0.05, 0.1) is 17.5 Å². The van der Waals surface area contributed by atoms with Crippen LogP contribution in [0.5, 0.6) is 0 Å². The molecule has 0 spiro atoms. The van der Waals surface area contributed by atoms with Crippen molar-refractivity contribution in [2.45, 2.75) is 19.5 Å². The topological polar surface area (TPSA) is 83.3 Å². The molecule has 1 fully saturated rings. The van der Waals surface area contributed by atoms with E-state index in [0.29, 0.717) is 18.3 Å². The third-order valence-corrected chi connectivity index (χ3v) is 4.71. The average molecular weight is 358 g/mol. The predicted octanol–water partition coefficient (Wildman–Crippen LogP) is 1.43. The number of nitrogens with one attached hydrogen (secondary N) is 2. The number of hydrogen-bond acceptors (Lipinski definition) is 7. The second-order valence-electron chi connectivity index (χ2n) is 5.33. The lowest BCUT2D eigenvalue weighted by Gasteiger charge is -2.30. The van der Waals surface area contributed by atoms with Crippen molar-refractivity contribution in [3.63, 3.8) is 0 Å². The highest BCUT2D eigenvalue weighted by atomic mass is 35.5. The molecule has 9 heteroatoms. The highest BCUT2D eigenvalue weighted by Crippen LogP contribution is 2.28. The lowest BCUT2D eigenvalue weighted by molar-refractivity contribution is -0.119. The van der Waals surface area contributed by atoms with Crippen LogP contribution in [0.1, 0.15) is 23.7 Å². The van der Waals surface area contributed by atoms with E-state index in [1.807, 2.05) is 12.1 Å². The van der Waals surface area contributed by atoms with E-state index in [-0.39, 0.29) is 24.4 Å². The first kappa shape index (κ1) is 17.9. The number of hydrogen-bond donors (Lipinski definition) is 2. The molecule has 2 aromatic rings. The van der Waals surface area contributed by atoms with E-state index >= 15 is 0 Å². The zero-order chi connectivity index (χ0) is 15.5. The second-order valence-corrected chi connectivity index (χ2v) is 6.50. The van der Waals surface area contributed by atoms with Crippen molar-refractivity contribution in [2.75, 3.05) is 26.7 Å². The summed E-state index contributed by atoms with van der Waals surface area (Å²) in [5.41, 5.74) is 0. The quantitative estimate of drug-likeness (QED) is 0.861. The molecule has 1 saturated heterocycles. The van der Waals surface area contributed by atoms with Crippen molar-refractivity contribution >= 4 is 29.7 Å². The largest absolute Gasteiger partial charge is 0.351 e. The average Bonchev–Trinajstić information content (AvgIpc) is 3.14. The summed E-state index contributed by atoms with van der Waals surface area (Å²) in [6, 6.07) is 4.06. The number of rotatable bonds is 4. The summed E-state index contributed by atoms with van der Waals surface area (Å²) in [6.45, 7) is 4.81. The molecule has 0 radical (unpaired) electrons. The van der Waals surface area contributed by atoms with Crippen molar-refractivity contribution in [2.24, 2.45) is 0 Å². The Morgan fingerprint density at radius 3 is 3.13 bits per heavy atom. The Hall–Kier alpha value is -1.48. The first-order chi connectivity index (χ1) is 10.6. The fourth-order valence-electron chi connectivity index (χ4n) is 2.36. The minimum atomic E-state index is -0.0390. The molecule has 0 bridgehead atoms. The summed E-state index contributed by atoms with van der Waals surface area (Å²) in [6.07, 6.45) is 0. The molecule has 2 N–H and O–H groups in total. The molecule has 2 aromatic heterocycles. The first-order valence-corrected chi connectivity index (χ1v) is 8.03. The maximum atomic E-state index is 10.9. The number of likely N-dealkylation sites (N-methyl/N-ethyl adjacent to an activating group) is 1. The molecule has 0 saturated carbocycles. The van der Waals surface area contributed by atoms with Gasteiger partial charge in [0.15, 0.2) is 5.82 Å². The van der Waals surface area contributed by atoms with Gasteiger partial charge in [0.1, 0.15) is 0 Å². The molecule has 1 aliphatic heterocycles. The molecule has 1 unspecified atom stereocenters. The minimum absolute atomic E-state index is 0. The van der Waals surface area contributed by atoms with Crippen molar-refractivity contribution in [1.82, 2.24) is 25.7 Å². The fourth-order valence-corrected chi connectivity index (χ4v) is 3.23. The molecular formula is C14H20ClN5O2S. The number of halogens is 1. The van der Waals surface area contributed by atoms with Crippen molar-refractivity contribution in [3.05, 3.63) is 22.8 Å². The van der Waals surface area contributed by atoms with Gasteiger partial charge in [-0.2, -0.15) is 4.98 Å². The number of amides is 1. The van der Waals surface area contributed by atoms with Crippen molar-refractivity contribution < 1.29 is 9.32 Å². The fraction of sp³-hybridized carbons (Fsp3) is 0.500. The number of carbonyl (C=O) groups is 1. The SMILES string of the molecule is CC(=O)NCc1ccc(-c2nc(C3CNCCN3C)no2)s1.Cl. The van der Waals surface area contributed by atoms with Crippen LogP contribution in [0.4, 0.5) is 0 Å². The molecule has 0 aromatic carbocycles. The Morgan fingerprint density at radius 2 is 2.39 bits per heavy atom. The van der Waals surface area contributed by atoms with Gasteiger partial charge in [0, 0.05) is 31.4 Å². The number of carbonyl (C=O) groups excluding carboxylic acids is 1. The Labute approximate surface area is 144 Å². The Kier molecular flexibility index (Phi) is 6.11. The summed E-state index contributed by atoms with van der Waals surface area (Å²) in [5.74, 6) is 1.21. The molecule has 126 valence electrons. The molecule has 0 aliphatic carbocycles. The third-order valence-electron chi connectivity index (χ3n) is 3.63. The molecule has 7 nitrogen and oxygen atoms in total. The van der Waals surface area contributed by atoms with E-state index in [1.54, 1.807) is 11.3 Å². The Bertz CT molecular complexity index is 659. The summed E-state index contributed by atoms with van der Waals surface area (Å²) < 4.78 is 5.40. The second kappa shape index (κ2) is 7.87. The summed E-state index contributed by atoms with van der Waals surface area (Å²) in [5, 5.41) is 10.2. The lowest BCUT2D eigenvalue weighted by Crippen LogP contribution is -2.44. The zero-order valence-electron chi connectivity index (χ0n) is 13.0. The van der Waals surface area contributed by atoms with Crippen LogP contribution in [-0.2, 0) is 11.3 Å². The van der Waals surface area contributed by atoms with Gasteiger partial charge in [-0.25, -0.2) is 0 Å². The molecule has 1 aliphatic rings. The summed E-state index contributed by atoms with van der Waals surface area (Å²) in [4.78, 5) is 19.7. The maximum absolute atomic E-state index is 10.9. The van der Waals surface area contributed by atoms with Crippen LogP contribution in [0.3, 0.4) is 0 Å². The van der Waals surface area contributed by atoms with Gasteiger partial charge in [-0.1, -0.05) is 5.16 Å². The van der Waals surface area contributed by atoms with Crippen LogP contribution in [-0.4, -0.2) is 47.6 Å². The predicted molar refractivity (Wildman–Crippen MR) is 90.6 cm³/mol. The number of thiophene rings is 1. The molecule has 3 rings (SSSR count). The van der Waals surface area contributed by atoms with Crippen LogP contribution in [0.15, 0.2) is 16.7 Å². The zero-order valence-corrected chi connectivity index (χ0v) is 14.7. The molecular weight excluding hydrogens is 338 g/mol. The Balaban J connectivity index is 0.00000192. The van der Waals surface area contributed by atoms with E-state index in [9.17, 15) is 4.79 Å². The Morgan fingerprint density at radius 1 is 1.57 bits per heavy atom. The summed E-state index contributed by atoms with van der Waals surface area (Å²) in [7, 11) is 2.07. The molecule has 23 heavy (non-hydrogen) atoms. The third kappa shape index (κ3) is 4.29. The van der Waals surface area contributed by atoms with Gasteiger partial charge in [0.2, 0.25) is 5.91 Å². The van der Waals surface area contributed by atoms with E-state index in [2.05, 4.69) is 32.7 Å². The van der Waals surface area contributed by atoms with E-state index in [0.717, 1.165) is 29.4 Å². The van der Waals surface area contributed by atoms with Crippen LogP contribution in [0, 0.1) is 0 Å². The van der Waals surface area contributed by atoms with Crippen molar-refractivity contribution in [1.29, 1.82) is 0 Å². The van der Waals surface area contributed by atoms with E-state index < -0.39 is 0 Å². The van der Waals surface area contributed by atoms with Gasteiger partial charge in [0.25, 0.3) is 5.89 Å². The van der Waals surface area contributed by atoms with Gasteiger partial charge >= 0.3 is 0 Å². The van der Waals surface area contributed by atoms with Crippen LogP contribution in [0.25, 0.3) is 10.8 Å². The van der Waals surface area contributed by atoms with Gasteiger partial charge < -0.3 is 15.2 Å². The van der Waals surface area contributed by atoms with Crippen LogP contribution in [0.2, 0.25) is 0 Å². The molecule has 1 atom stereocenters. The normalized spacial score (nSPS) is 18.4. The highest BCUT2D eigenvalue weighted by molar-refractivity contribution is 7.15. The monoisotopic (exact) mass is 357 g/mol. The van der Waals surface area contributed by atoms with Crippen LogP contribution >= 0.6 is 23.7 Å². The summed E-state index contributed by atoms with van der Waals surface area (Å²) >= 11 is 1.55. The molecule has 1 amide bonds. The van der Waals surface area contributed by atoms with Gasteiger partial charge in [-0.05, 0) is 19.2 Å². The lowest BCUT2D eigenvalue weighted by atomic mass is 10.2. The van der Waals surface area contributed by atoms with Crippen LogP contribution < -0.4 is 10.6 Å². The van der Waals surface area contributed by atoms with Crippen molar-refractivity contribution in [3.8, 4) is 10.8 Å². The molecule has 3 heterocycles. The number of piperazine rings is 1. The van der Waals surface area contributed by atoms with E-state index in [1.165, 1.54) is 6.92 Å². The van der Waals surface area contributed by atoms with Gasteiger partial charge in [-0.15, -0.1) is 23.7 Å². The smallest absolute Gasteiger partial charge is 0.268 e. The minimum Gasteiger partial charge on any atom is -0.351 e.